The van der Waals surface area contributed by atoms with Gasteiger partial charge in [-0.15, -0.1) is 0 Å². The van der Waals surface area contributed by atoms with Crippen molar-refractivity contribution < 1.29 is 30.0 Å². The molecule has 7 N–H and O–H groups in total. The Morgan fingerprint density at radius 2 is 2.14 bits per heavy atom. The van der Waals surface area contributed by atoms with E-state index in [2.05, 4.69) is 10.3 Å². The molecule has 5 atom stereocenters. The number of nitrogens with two attached hydrogens (primary N) is 1. The Morgan fingerprint density at radius 1 is 1.43 bits per heavy atom. The lowest BCUT2D eigenvalue weighted by Gasteiger charge is -2.28. The molecular weight excluding hydrogens is 415 g/mol. The number of hydrogen-bond donors (Lipinski definition) is 6. The van der Waals surface area contributed by atoms with E-state index in [0.29, 0.717) is 15.6 Å². The van der Waals surface area contributed by atoms with Crippen molar-refractivity contribution in [2.45, 2.75) is 37.0 Å². The lowest BCUT2D eigenvalue weighted by atomic mass is 10.1. The van der Waals surface area contributed by atoms with Gasteiger partial charge >= 0.3 is 0 Å². The van der Waals surface area contributed by atoms with Crippen LogP contribution in [-0.2, 0) is 17.2 Å². The minimum Gasteiger partial charge on any atom is -0.387 e. The molecule has 0 bridgehead atoms. The van der Waals surface area contributed by atoms with E-state index in [4.69, 9.17) is 33.7 Å². The molecule has 2 heterocycles. The molecule has 1 unspecified atom stereocenters. The summed E-state index contributed by atoms with van der Waals surface area (Å²) < 4.78 is 5.99. The van der Waals surface area contributed by atoms with Gasteiger partial charge in [0.25, 0.3) is 11.8 Å². The fourth-order valence-corrected chi connectivity index (χ4v) is 3.34. The average molecular weight is 433 g/mol. The third kappa shape index (κ3) is 3.73. The van der Waals surface area contributed by atoms with Gasteiger partial charge in [0, 0.05) is 29.0 Å². The lowest BCUT2D eigenvalue weighted by molar-refractivity contribution is -0.293. The normalized spacial score (nSPS) is 28.3. The van der Waals surface area contributed by atoms with Crippen molar-refractivity contribution in [3.05, 3.63) is 52.0 Å². The zero-order valence-electron chi connectivity index (χ0n) is 14.2. The summed E-state index contributed by atoms with van der Waals surface area (Å²) in [6.45, 7) is 0.0380. The first-order chi connectivity index (χ1) is 13.1. The SMILES string of the molecule is NC(O)[C@H]1O[C@@](O)(n2ccnc2C(=O)NCc2ccc(Cl)cc2Cl)[C@H](O)[C@@H]1O. The maximum Gasteiger partial charge on any atom is 0.287 e. The lowest BCUT2D eigenvalue weighted by Crippen LogP contribution is -2.47. The van der Waals surface area contributed by atoms with Crippen LogP contribution in [0, 0.1) is 0 Å². The topological polar surface area (TPSA) is 163 Å². The van der Waals surface area contributed by atoms with Gasteiger partial charge in [-0.25, -0.2) is 4.98 Å². The number of benzene rings is 1. The Kier molecular flexibility index (Phi) is 5.94. The third-order valence-corrected chi connectivity index (χ3v) is 4.92. The van der Waals surface area contributed by atoms with Crippen LogP contribution in [0.1, 0.15) is 16.2 Å². The van der Waals surface area contributed by atoms with E-state index in [0.717, 1.165) is 4.57 Å². The first kappa shape index (κ1) is 21.0. The fraction of sp³-hybridized carbons (Fsp3) is 0.375. The highest BCUT2D eigenvalue weighted by atomic mass is 35.5. The second-order valence-corrected chi connectivity index (χ2v) is 7.05. The van der Waals surface area contributed by atoms with E-state index >= 15 is 0 Å². The minimum absolute atomic E-state index is 0.0380. The predicted molar refractivity (Wildman–Crippen MR) is 97.1 cm³/mol. The highest BCUT2D eigenvalue weighted by Gasteiger charge is 2.57. The Hall–Kier alpha value is -1.76. The maximum atomic E-state index is 12.5. The Labute approximate surface area is 169 Å². The quantitative estimate of drug-likeness (QED) is 0.331. The van der Waals surface area contributed by atoms with Crippen LogP contribution < -0.4 is 11.1 Å². The molecular formula is C16H18Cl2N4O6. The van der Waals surface area contributed by atoms with Crippen molar-refractivity contribution in [3.63, 3.8) is 0 Å². The number of rotatable bonds is 5. The van der Waals surface area contributed by atoms with Crippen molar-refractivity contribution in [1.29, 1.82) is 0 Å². The van der Waals surface area contributed by atoms with Crippen LogP contribution in [0.4, 0.5) is 0 Å². The summed E-state index contributed by atoms with van der Waals surface area (Å²) in [6.07, 6.45) is -4.39. The van der Waals surface area contributed by atoms with E-state index in [1.165, 1.54) is 18.5 Å². The third-order valence-electron chi connectivity index (χ3n) is 4.34. The number of aromatic nitrogens is 2. The largest absolute Gasteiger partial charge is 0.387 e. The van der Waals surface area contributed by atoms with Crippen molar-refractivity contribution in [2.24, 2.45) is 5.73 Å². The van der Waals surface area contributed by atoms with E-state index in [1.54, 1.807) is 12.1 Å². The van der Waals surface area contributed by atoms with Crippen LogP contribution in [0.5, 0.6) is 0 Å². The number of carbonyl (C=O) groups excluding carboxylic acids is 1. The van der Waals surface area contributed by atoms with Crippen LogP contribution in [0.2, 0.25) is 10.0 Å². The summed E-state index contributed by atoms with van der Waals surface area (Å²) in [5.74, 6) is -3.59. The van der Waals surface area contributed by atoms with E-state index < -0.39 is 36.4 Å². The number of nitrogens with one attached hydrogen (secondary N) is 1. The average Bonchev–Trinajstić information content (AvgIpc) is 3.21. The van der Waals surface area contributed by atoms with E-state index in [9.17, 15) is 25.2 Å². The predicted octanol–water partition coefficient (Wildman–Crippen LogP) is -0.880. The van der Waals surface area contributed by atoms with Gasteiger partial charge in [0.05, 0.1) is 0 Å². The molecule has 3 rings (SSSR count). The molecule has 0 saturated carbocycles. The minimum atomic E-state index is -2.56. The summed E-state index contributed by atoms with van der Waals surface area (Å²) in [4.78, 5) is 16.4. The molecule has 0 spiro atoms. The van der Waals surface area contributed by atoms with Crippen molar-refractivity contribution in [1.82, 2.24) is 14.9 Å². The number of nitrogens with zero attached hydrogens (tertiary/aromatic N) is 2. The smallest absolute Gasteiger partial charge is 0.287 e. The maximum absolute atomic E-state index is 12.5. The number of aliphatic hydroxyl groups is 4. The molecule has 1 aliphatic rings. The molecule has 2 aromatic rings. The van der Waals surface area contributed by atoms with Gasteiger partial charge in [-0.2, -0.15) is 0 Å². The van der Waals surface area contributed by atoms with Crippen LogP contribution in [0.25, 0.3) is 0 Å². The molecule has 1 aromatic heterocycles. The monoisotopic (exact) mass is 432 g/mol. The molecule has 1 fully saturated rings. The molecule has 12 heteroatoms. The summed E-state index contributed by atoms with van der Waals surface area (Å²) in [7, 11) is 0. The number of carbonyl (C=O) groups is 1. The van der Waals surface area contributed by atoms with Gasteiger partial charge in [0.2, 0.25) is 5.82 Å². The molecule has 1 aliphatic heterocycles. The second kappa shape index (κ2) is 7.93. The van der Waals surface area contributed by atoms with Crippen LogP contribution in [0.15, 0.2) is 30.6 Å². The van der Waals surface area contributed by atoms with Gasteiger partial charge in [-0.1, -0.05) is 29.3 Å². The molecule has 0 radical (unpaired) electrons. The Bertz CT molecular complexity index is 879. The molecule has 28 heavy (non-hydrogen) atoms. The molecule has 10 nitrogen and oxygen atoms in total. The first-order valence-corrected chi connectivity index (χ1v) is 8.86. The van der Waals surface area contributed by atoms with E-state index in [-0.39, 0.29) is 12.4 Å². The summed E-state index contributed by atoms with van der Waals surface area (Å²) >= 11 is 11.9. The van der Waals surface area contributed by atoms with Crippen LogP contribution in [-0.4, -0.2) is 60.4 Å². The zero-order valence-corrected chi connectivity index (χ0v) is 15.7. The van der Waals surface area contributed by atoms with Gasteiger partial charge in [0.15, 0.2) is 6.10 Å². The molecule has 1 saturated heterocycles. The summed E-state index contributed by atoms with van der Waals surface area (Å²) in [5.41, 5.74) is 5.87. The number of imidazole rings is 1. The van der Waals surface area contributed by atoms with Gasteiger partial charge in [-0.05, 0) is 17.7 Å². The van der Waals surface area contributed by atoms with Crippen molar-refractivity contribution >= 4 is 29.1 Å². The van der Waals surface area contributed by atoms with Crippen LogP contribution >= 0.6 is 23.2 Å². The second-order valence-electron chi connectivity index (χ2n) is 6.21. The van der Waals surface area contributed by atoms with E-state index in [1.807, 2.05) is 0 Å². The number of hydrogen-bond acceptors (Lipinski definition) is 8. The number of aliphatic hydroxyl groups excluding tert-OH is 3. The highest BCUT2D eigenvalue weighted by molar-refractivity contribution is 6.35. The molecule has 152 valence electrons. The number of ether oxygens (including phenoxy) is 1. The van der Waals surface area contributed by atoms with Crippen LogP contribution in [0.3, 0.4) is 0 Å². The zero-order chi connectivity index (χ0) is 20.6. The summed E-state index contributed by atoms with van der Waals surface area (Å²) in [5, 5.41) is 43.7. The number of amides is 1. The summed E-state index contributed by atoms with van der Waals surface area (Å²) in [6, 6.07) is 4.77. The van der Waals surface area contributed by atoms with Gasteiger partial charge in [-0.3, -0.25) is 9.36 Å². The Balaban J connectivity index is 1.80. The highest BCUT2D eigenvalue weighted by Crippen LogP contribution is 2.35. The molecule has 0 aliphatic carbocycles. The Morgan fingerprint density at radius 3 is 2.75 bits per heavy atom. The first-order valence-electron chi connectivity index (χ1n) is 8.11. The van der Waals surface area contributed by atoms with Crippen molar-refractivity contribution in [2.75, 3.05) is 0 Å². The molecule has 1 aromatic carbocycles. The van der Waals surface area contributed by atoms with Crippen molar-refractivity contribution in [3.8, 4) is 0 Å². The number of halogens is 2. The van der Waals surface area contributed by atoms with Gasteiger partial charge < -0.3 is 36.2 Å². The van der Waals surface area contributed by atoms with Gasteiger partial charge in [0.1, 0.15) is 18.4 Å². The molecule has 1 amide bonds. The standard InChI is InChI=1S/C16H18Cl2N4O6/c17-8-2-1-7(9(18)5-8)6-21-15(26)14-20-3-4-22(14)16(27)12(24)10(23)11(28-16)13(19)25/h1-5,10-13,23-25,27H,6,19H2,(H,21,26)/t10-,11+,12-,13?,16-/m1/s1. The fourth-order valence-electron chi connectivity index (χ4n) is 2.86.